The Labute approximate surface area is 105 Å². The van der Waals surface area contributed by atoms with Gasteiger partial charge in [-0.05, 0) is 19.1 Å². The van der Waals surface area contributed by atoms with Gasteiger partial charge in [-0.15, -0.1) is 0 Å². The summed E-state index contributed by atoms with van der Waals surface area (Å²) in [7, 11) is -3.46. The molecule has 0 amide bonds. The molecule has 2 rings (SSSR count). The van der Waals surface area contributed by atoms with Crippen molar-refractivity contribution in [3.63, 3.8) is 0 Å². The molecule has 0 unspecified atom stereocenters. The van der Waals surface area contributed by atoms with E-state index < -0.39 is 10.0 Å². The fraction of sp³-hybridized carbons (Fsp3) is 0.364. The first kappa shape index (κ1) is 13.0. The molecule has 0 saturated heterocycles. The first-order valence-corrected chi connectivity index (χ1v) is 7.20. The third-order valence-electron chi connectivity index (χ3n) is 2.51. The molecule has 1 aromatic heterocycles. The predicted molar refractivity (Wildman–Crippen MR) is 68.3 cm³/mol. The van der Waals surface area contributed by atoms with Crippen LogP contribution in [0.15, 0.2) is 28.8 Å². The molecule has 98 valence electrons. The van der Waals surface area contributed by atoms with Gasteiger partial charge in [-0.2, -0.15) is 0 Å². The smallest absolute Gasteiger partial charge is 0.217 e. The van der Waals surface area contributed by atoms with E-state index in [9.17, 15) is 8.42 Å². The average Bonchev–Trinajstić information content (AvgIpc) is 2.71. The summed E-state index contributed by atoms with van der Waals surface area (Å²) in [5.74, 6) is -0.214. The monoisotopic (exact) mass is 269 g/mol. The summed E-state index contributed by atoms with van der Waals surface area (Å²) < 4.78 is 31.3. The lowest BCUT2D eigenvalue weighted by Crippen LogP contribution is -2.38. The molecule has 0 aliphatic carbocycles. The van der Waals surface area contributed by atoms with Crippen LogP contribution in [0.4, 0.5) is 0 Å². The van der Waals surface area contributed by atoms with Gasteiger partial charge in [-0.25, -0.2) is 13.1 Å². The zero-order chi connectivity index (χ0) is 13.2. The normalized spacial score (nSPS) is 13.9. The molecule has 0 saturated carbocycles. The maximum atomic E-state index is 11.9. The van der Waals surface area contributed by atoms with E-state index in [-0.39, 0.29) is 18.3 Å². The molecule has 7 heteroatoms. The maximum absolute atomic E-state index is 11.9. The van der Waals surface area contributed by atoms with E-state index in [1.807, 2.05) is 6.07 Å². The van der Waals surface area contributed by atoms with Gasteiger partial charge in [0.1, 0.15) is 11.4 Å². The SMILES string of the molecule is C[C@@H](CN)NS(=O)(=O)Cc1noc2ccccc12. The minimum Gasteiger partial charge on any atom is -0.356 e. The Morgan fingerprint density at radius 1 is 1.44 bits per heavy atom. The van der Waals surface area contributed by atoms with Crippen LogP contribution in [-0.2, 0) is 15.8 Å². The molecule has 18 heavy (non-hydrogen) atoms. The van der Waals surface area contributed by atoms with Gasteiger partial charge >= 0.3 is 0 Å². The number of nitrogens with one attached hydrogen (secondary N) is 1. The van der Waals surface area contributed by atoms with Crippen molar-refractivity contribution in [1.82, 2.24) is 9.88 Å². The van der Waals surface area contributed by atoms with E-state index in [0.29, 0.717) is 16.7 Å². The van der Waals surface area contributed by atoms with Gasteiger partial charge in [0.05, 0.1) is 0 Å². The molecule has 1 heterocycles. The summed E-state index contributed by atoms with van der Waals surface area (Å²) in [6.07, 6.45) is 0. The molecule has 0 spiro atoms. The van der Waals surface area contributed by atoms with E-state index in [2.05, 4.69) is 9.88 Å². The molecule has 0 aliphatic rings. The Hall–Kier alpha value is -1.44. The van der Waals surface area contributed by atoms with E-state index >= 15 is 0 Å². The van der Waals surface area contributed by atoms with Gasteiger partial charge in [0.25, 0.3) is 0 Å². The highest BCUT2D eigenvalue weighted by molar-refractivity contribution is 7.88. The minimum absolute atomic E-state index is 0.214. The molecule has 1 aromatic carbocycles. The molecule has 0 bridgehead atoms. The molecular weight excluding hydrogens is 254 g/mol. The highest BCUT2D eigenvalue weighted by atomic mass is 32.2. The van der Waals surface area contributed by atoms with Crippen molar-refractivity contribution in [3.05, 3.63) is 30.0 Å². The standard InChI is InChI=1S/C11H15N3O3S/c1-8(6-12)14-18(15,16)7-10-9-4-2-3-5-11(9)17-13-10/h2-5,8,14H,6-7,12H2,1H3/t8-/m0/s1. The Morgan fingerprint density at radius 2 is 2.17 bits per heavy atom. The minimum atomic E-state index is -3.46. The van der Waals surface area contributed by atoms with Crippen molar-refractivity contribution < 1.29 is 12.9 Å². The van der Waals surface area contributed by atoms with Gasteiger partial charge in [0, 0.05) is 18.0 Å². The third-order valence-corrected chi connectivity index (χ3v) is 3.93. The number of aromatic nitrogens is 1. The molecule has 3 N–H and O–H groups in total. The second-order valence-corrected chi connectivity index (χ2v) is 5.89. The second kappa shape index (κ2) is 5.05. The zero-order valence-electron chi connectivity index (χ0n) is 9.96. The Kier molecular flexibility index (Phi) is 3.65. The molecule has 0 fully saturated rings. The first-order valence-electron chi connectivity index (χ1n) is 5.55. The van der Waals surface area contributed by atoms with Crippen LogP contribution in [0.25, 0.3) is 11.0 Å². The van der Waals surface area contributed by atoms with Crippen LogP contribution in [0.5, 0.6) is 0 Å². The number of nitrogens with zero attached hydrogens (tertiary/aromatic N) is 1. The van der Waals surface area contributed by atoms with Gasteiger partial charge in [-0.3, -0.25) is 0 Å². The van der Waals surface area contributed by atoms with Gasteiger partial charge in [0.15, 0.2) is 5.58 Å². The van der Waals surface area contributed by atoms with Crippen LogP contribution in [0.3, 0.4) is 0 Å². The summed E-state index contributed by atoms with van der Waals surface area (Å²) in [5, 5.41) is 4.50. The first-order chi connectivity index (χ1) is 8.52. The summed E-state index contributed by atoms with van der Waals surface area (Å²) >= 11 is 0. The van der Waals surface area contributed by atoms with Crippen molar-refractivity contribution >= 4 is 21.0 Å². The maximum Gasteiger partial charge on any atom is 0.217 e. The third kappa shape index (κ3) is 2.87. The lowest BCUT2D eigenvalue weighted by molar-refractivity contribution is 0.448. The Balaban J connectivity index is 2.23. The lowest BCUT2D eigenvalue weighted by Gasteiger charge is -2.10. The topological polar surface area (TPSA) is 98.2 Å². The van der Waals surface area contributed by atoms with Crippen LogP contribution in [0, 0.1) is 0 Å². The van der Waals surface area contributed by atoms with E-state index in [0.717, 1.165) is 0 Å². The van der Waals surface area contributed by atoms with E-state index in [1.165, 1.54) is 0 Å². The number of benzene rings is 1. The summed E-state index contributed by atoms with van der Waals surface area (Å²) in [6, 6.07) is 6.84. The van der Waals surface area contributed by atoms with Gasteiger partial charge in [-0.1, -0.05) is 17.3 Å². The fourth-order valence-corrected chi connectivity index (χ4v) is 2.98. The van der Waals surface area contributed by atoms with E-state index in [4.69, 9.17) is 10.3 Å². The number of hydrogen-bond acceptors (Lipinski definition) is 5. The Bertz CT molecular complexity index is 636. The van der Waals surface area contributed by atoms with Gasteiger partial charge < -0.3 is 10.3 Å². The number of fused-ring (bicyclic) bond motifs is 1. The molecule has 0 aliphatic heterocycles. The van der Waals surface area contributed by atoms with Crippen LogP contribution in [-0.4, -0.2) is 26.2 Å². The van der Waals surface area contributed by atoms with Crippen molar-refractivity contribution in [2.24, 2.45) is 5.73 Å². The van der Waals surface area contributed by atoms with Crippen molar-refractivity contribution in [2.45, 2.75) is 18.7 Å². The quantitative estimate of drug-likeness (QED) is 0.828. The molecule has 6 nitrogen and oxygen atoms in total. The summed E-state index contributed by atoms with van der Waals surface area (Å²) in [4.78, 5) is 0. The number of rotatable bonds is 5. The van der Waals surface area contributed by atoms with Crippen LogP contribution in [0.1, 0.15) is 12.6 Å². The summed E-state index contributed by atoms with van der Waals surface area (Å²) in [5.41, 5.74) is 6.37. The molecule has 1 atom stereocenters. The summed E-state index contributed by atoms with van der Waals surface area (Å²) in [6.45, 7) is 1.96. The number of para-hydroxylation sites is 1. The molecule has 2 aromatic rings. The van der Waals surface area contributed by atoms with Crippen molar-refractivity contribution in [1.29, 1.82) is 0 Å². The highest BCUT2D eigenvalue weighted by Gasteiger charge is 2.18. The number of nitrogens with two attached hydrogens (primary N) is 1. The molecule has 0 radical (unpaired) electrons. The highest BCUT2D eigenvalue weighted by Crippen LogP contribution is 2.19. The number of hydrogen-bond donors (Lipinski definition) is 2. The van der Waals surface area contributed by atoms with Gasteiger partial charge in [0.2, 0.25) is 10.0 Å². The van der Waals surface area contributed by atoms with Crippen molar-refractivity contribution in [2.75, 3.05) is 6.54 Å². The zero-order valence-corrected chi connectivity index (χ0v) is 10.8. The molecular formula is C11H15N3O3S. The fourth-order valence-electron chi connectivity index (χ4n) is 1.62. The van der Waals surface area contributed by atoms with E-state index in [1.54, 1.807) is 25.1 Å². The van der Waals surface area contributed by atoms with Crippen LogP contribution in [0.2, 0.25) is 0 Å². The number of sulfonamides is 1. The van der Waals surface area contributed by atoms with Crippen LogP contribution < -0.4 is 10.5 Å². The average molecular weight is 269 g/mol. The second-order valence-electron chi connectivity index (χ2n) is 4.14. The largest absolute Gasteiger partial charge is 0.356 e. The van der Waals surface area contributed by atoms with Crippen molar-refractivity contribution in [3.8, 4) is 0 Å². The predicted octanol–water partition coefficient (Wildman–Crippen LogP) is 0.594. The Morgan fingerprint density at radius 3 is 2.89 bits per heavy atom. The lowest BCUT2D eigenvalue weighted by atomic mass is 10.2. The van der Waals surface area contributed by atoms with Crippen LogP contribution >= 0.6 is 0 Å².